The second kappa shape index (κ2) is 21.0. The van der Waals surface area contributed by atoms with Crippen LogP contribution in [0.5, 0.6) is 0 Å². The van der Waals surface area contributed by atoms with Crippen LogP contribution in [0.15, 0.2) is 35.8 Å². The maximum atomic E-state index is 13.5. The molecule has 1 saturated carbocycles. The van der Waals surface area contributed by atoms with Gasteiger partial charge in [-0.25, -0.2) is 4.98 Å². The van der Waals surface area contributed by atoms with Crippen LogP contribution in [-0.4, -0.2) is 80.6 Å². The lowest BCUT2D eigenvalue weighted by atomic mass is 9.75. The monoisotopic (exact) mass is 770 g/mol. The number of aliphatic hydroxyl groups is 2. The Bertz CT molecular complexity index is 1510. The Kier molecular flexibility index (Phi) is 17.5. The van der Waals surface area contributed by atoms with Crippen molar-refractivity contribution >= 4 is 46.9 Å². The fraction of sp³-hybridized carbons (Fsp3) is 0.667. The van der Waals surface area contributed by atoms with Gasteiger partial charge in [0.15, 0.2) is 0 Å². The average Bonchev–Trinajstić information content (AvgIpc) is 3.71. The van der Waals surface area contributed by atoms with E-state index in [0.717, 1.165) is 16.3 Å². The molecule has 0 radical (unpaired) electrons. The third kappa shape index (κ3) is 12.8. The van der Waals surface area contributed by atoms with Gasteiger partial charge in [-0.2, -0.15) is 0 Å². The molecule has 11 nitrogen and oxygen atoms in total. The summed E-state index contributed by atoms with van der Waals surface area (Å²) in [6, 6.07) is 0. The van der Waals surface area contributed by atoms with Gasteiger partial charge in [0.1, 0.15) is 18.0 Å². The summed E-state index contributed by atoms with van der Waals surface area (Å²) in [6.07, 6.45) is 8.16. The number of nitrogens with zero attached hydrogens (tertiary/aromatic N) is 2. The van der Waals surface area contributed by atoms with Crippen LogP contribution in [0.25, 0.3) is 6.08 Å². The third-order valence-electron chi connectivity index (χ3n) is 11.4. The van der Waals surface area contributed by atoms with Gasteiger partial charge < -0.3 is 19.7 Å². The number of thiazole rings is 1. The lowest BCUT2D eigenvalue weighted by Gasteiger charge is -2.35. The zero-order valence-electron chi connectivity index (χ0n) is 33.3. The van der Waals surface area contributed by atoms with Gasteiger partial charge in [-0.1, -0.05) is 47.1 Å². The molecule has 0 spiro atoms. The number of aryl methyl sites for hydroxylation is 1. The summed E-state index contributed by atoms with van der Waals surface area (Å²) in [5.41, 5.74) is 0.713. The number of hydrogen-bond donors (Lipinski definition) is 2. The number of ketones is 1. The molecule has 2 aliphatic rings. The van der Waals surface area contributed by atoms with Gasteiger partial charge in [0.05, 0.1) is 41.2 Å². The number of ether oxygens (including phenoxy) is 2. The number of esters is 2. The molecule has 0 unspecified atom stereocenters. The largest absolute Gasteiger partial charge is 0.461 e. The molecule has 2 heterocycles. The highest BCUT2D eigenvalue weighted by molar-refractivity contribution is 7.09. The molecule has 300 valence electrons. The van der Waals surface area contributed by atoms with Crippen molar-refractivity contribution < 1.29 is 43.7 Å². The minimum Gasteiger partial charge on any atom is -0.461 e. The number of hydrogen-bond acceptors (Lipinski definition) is 11. The van der Waals surface area contributed by atoms with Gasteiger partial charge in [-0.15, -0.1) is 17.9 Å². The Labute approximate surface area is 325 Å². The van der Waals surface area contributed by atoms with Gasteiger partial charge in [-0.05, 0) is 82.3 Å². The molecule has 54 heavy (non-hydrogen) atoms. The minimum atomic E-state index is -0.929. The number of aromatic nitrogens is 1. The number of rotatable bonds is 22. The topological polar surface area (TPSA) is 160 Å². The van der Waals surface area contributed by atoms with Crippen molar-refractivity contribution in [3.8, 4) is 0 Å². The zero-order chi connectivity index (χ0) is 40.2. The number of imide groups is 1. The van der Waals surface area contributed by atoms with E-state index in [9.17, 15) is 34.2 Å². The fourth-order valence-electron chi connectivity index (χ4n) is 7.39. The number of amides is 2. The van der Waals surface area contributed by atoms with E-state index in [1.807, 2.05) is 46.1 Å². The maximum Gasteiger partial charge on any atom is 0.309 e. The SMILES string of the molecule is C=C[C@](C)(CCC[C@H](C)[C@H](OC(=O)C1CCC(CN2C(=O)C=CC2=O)CC1)[C@@H](C)C(=O)CC)[C@@H](O)C[C@H](OC(=O)C[C@H](O)CC)/C(C)=C/c1csc(C)n1. The molecule has 1 aromatic heterocycles. The third-order valence-corrected chi connectivity index (χ3v) is 12.2. The molecule has 2 N–H and O–H groups in total. The van der Waals surface area contributed by atoms with E-state index in [1.165, 1.54) is 28.4 Å². The molecule has 0 aromatic carbocycles. The lowest BCUT2D eigenvalue weighted by Crippen LogP contribution is -2.39. The summed E-state index contributed by atoms with van der Waals surface area (Å²) in [5.74, 6) is -2.25. The number of aliphatic hydroxyl groups excluding tert-OH is 2. The second-order valence-corrected chi connectivity index (χ2v) is 16.7. The van der Waals surface area contributed by atoms with Crippen molar-refractivity contribution in [3.63, 3.8) is 0 Å². The molecule has 12 heteroatoms. The molecule has 3 rings (SSSR count). The van der Waals surface area contributed by atoms with Gasteiger partial charge in [0.2, 0.25) is 0 Å². The quantitative estimate of drug-likeness (QED) is 0.0719. The van der Waals surface area contributed by atoms with E-state index < -0.39 is 41.7 Å². The normalized spacial score (nSPS) is 22.2. The Morgan fingerprint density at radius 3 is 2.30 bits per heavy atom. The van der Waals surface area contributed by atoms with Crippen molar-refractivity contribution in [2.24, 2.45) is 29.1 Å². The first kappa shape index (κ1) is 44.9. The van der Waals surface area contributed by atoms with E-state index in [2.05, 4.69) is 11.6 Å². The molecule has 7 atom stereocenters. The van der Waals surface area contributed by atoms with Gasteiger partial charge >= 0.3 is 11.9 Å². The Hall–Kier alpha value is -3.48. The number of carbonyl (C=O) groups excluding carboxylic acids is 5. The van der Waals surface area contributed by atoms with Crippen molar-refractivity contribution in [1.29, 1.82) is 0 Å². The molecule has 1 aliphatic carbocycles. The van der Waals surface area contributed by atoms with Crippen LogP contribution in [-0.2, 0) is 33.4 Å². The first-order valence-electron chi connectivity index (χ1n) is 19.6. The van der Waals surface area contributed by atoms with E-state index >= 15 is 0 Å². The predicted molar refractivity (Wildman–Crippen MR) is 209 cm³/mol. The van der Waals surface area contributed by atoms with E-state index in [1.54, 1.807) is 19.9 Å². The Balaban J connectivity index is 1.64. The van der Waals surface area contributed by atoms with Gasteiger partial charge in [0.25, 0.3) is 11.8 Å². The Morgan fingerprint density at radius 1 is 1.09 bits per heavy atom. The molecular weight excluding hydrogens is 709 g/mol. The van der Waals surface area contributed by atoms with Crippen LogP contribution in [0.1, 0.15) is 123 Å². The highest BCUT2D eigenvalue weighted by atomic mass is 32.1. The molecule has 2 amide bonds. The average molecular weight is 771 g/mol. The first-order valence-corrected chi connectivity index (χ1v) is 20.5. The summed E-state index contributed by atoms with van der Waals surface area (Å²) in [5, 5.41) is 24.5. The Morgan fingerprint density at radius 2 is 1.74 bits per heavy atom. The molecule has 1 aliphatic heterocycles. The molecule has 0 saturated heterocycles. The van der Waals surface area contributed by atoms with Crippen LogP contribution in [0.3, 0.4) is 0 Å². The molecule has 1 fully saturated rings. The summed E-state index contributed by atoms with van der Waals surface area (Å²) in [6.45, 7) is 17.5. The fourth-order valence-corrected chi connectivity index (χ4v) is 7.96. The standard InChI is InChI=1S/C42H62N2O9S/c1-9-33(45)22-39(50)52-35(27(5)21-32-25-54-29(7)43-32)23-36(47)42(8,11-3)20-12-13-26(4)40(28(6)34(46)10-2)53-41(51)31-16-14-30(15-17-31)24-44-37(48)18-19-38(44)49/h11,18-19,21,25-26,28,30-31,33,35-36,40,45,47H,3,9-10,12-17,20,22-24H2,1-2,4-8H3/b27-21+/t26-,28-,30?,31?,33+,35-,36-,40-,42+/m0/s1. The summed E-state index contributed by atoms with van der Waals surface area (Å²) in [7, 11) is 0. The number of Topliss-reactive ketones (excluding diaryl/α,β-unsaturated/α-hetero) is 1. The van der Waals surface area contributed by atoms with Crippen LogP contribution in [0, 0.1) is 36.0 Å². The number of carbonyl (C=O) groups is 5. The van der Waals surface area contributed by atoms with Crippen molar-refractivity contribution in [2.75, 3.05) is 6.54 Å². The van der Waals surface area contributed by atoms with Crippen molar-refractivity contribution in [2.45, 2.75) is 144 Å². The van der Waals surface area contributed by atoms with E-state index in [0.29, 0.717) is 64.3 Å². The van der Waals surface area contributed by atoms with Crippen LogP contribution >= 0.6 is 11.3 Å². The summed E-state index contributed by atoms with van der Waals surface area (Å²) >= 11 is 1.51. The maximum absolute atomic E-state index is 13.5. The van der Waals surface area contributed by atoms with Crippen LogP contribution < -0.4 is 0 Å². The summed E-state index contributed by atoms with van der Waals surface area (Å²) < 4.78 is 12.0. The van der Waals surface area contributed by atoms with Crippen LogP contribution in [0.2, 0.25) is 0 Å². The van der Waals surface area contributed by atoms with Gasteiger partial charge in [0, 0.05) is 42.3 Å². The highest BCUT2D eigenvalue weighted by Crippen LogP contribution is 2.37. The van der Waals surface area contributed by atoms with Crippen molar-refractivity contribution in [3.05, 3.63) is 46.5 Å². The summed E-state index contributed by atoms with van der Waals surface area (Å²) in [4.78, 5) is 69.0. The second-order valence-electron chi connectivity index (χ2n) is 15.6. The van der Waals surface area contributed by atoms with E-state index in [4.69, 9.17) is 9.47 Å². The lowest BCUT2D eigenvalue weighted by molar-refractivity contribution is -0.163. The van der Waals surface area contributed by atoms with Crippen LogP contribution in [0.4, 0.5) is 0 Å². The molecule has 1 aromatic rings. The molecular formula is C42H62N2O9S. The highest BCUT2D eigenvalue weighted by Gasteiger charge is 2.38. The van der Waals surface area contributed by atoms with Gasteiger partial charge in [-0.3, -0.25) is 28.9 Å². The minimum absolute atomic E-state index is 0.0200. The smallest absolute Gasteiger partial charge is 0.309 e. The molecule has 0 bridgehead atoms. The zero-order valence-corrected chi connectivity index (χ0v) is 34.1. The predicted octanol–water partition coefficient (Wildman–Crippen LogP) is 6.94. The van der Waals surface area contributed by atoms with Crippen molar-refractivity contribution in [1.82, 2.24) is 9.88 Å². The van der Waals surface area contributed by atoms with E-state index in [-0.39, 0.29) is 54.2 Å². The first-order chi connectivity index (χ1) is 25.5.